The normalized spacial score (nSPS) is 14.7. The van der Waals surface area contributed by atoms with Gasteiger partial charge in [-0.2, -0.15) is 38.9 Å². The Morgan fingerprint density at radius 1 is 0.671 bits per heavy atom. The van der Waals surface area contributed by atoms with Crippen LogP contribution in [0.1, 0.15) is 55.2 Å². The van der Waals surface area contributed by atoms with Crippen molar-refractivity contribution >= 4 is 56.6 Å². The van der Waals surface area contributed by atoms with E-state index in [4.69, 9.17) is 26.0 Å². The van der Waals surface area contributed by atoms with Crippen molar-refractivity contribution in [3.8, 4) is 23.2 Å². The van der Waals surface area contributed by atoms with Gasteiger partial charge in [-0.1, -0.05) is 36.4 Å². The molecule has 0 spiro atoms. The second kappa shape index (κ2) is 25.6. The van der Waals surface area contributed by atoms with Crippen molar-refractivity contribution in [1.82, 2.24) is 58.9 Å². The maximum Gasteiger partial charge on any atom is 0.259 e. The number of halogens is 2. The first-order valence-corrected chi connectivity index (χ1v) is 26.8. The molecule has 8 N–H and O–H groups in total. The molecular formula is C50H61F2N17O6S. The van der Waals surface area contributed by atoms with Gasteiger partial charge < -0.3 is 46.5 Å². The summed E-state index contributed by atoms with van der Waals surface area (Å²) in [6.45, 7) is 5.63. The molecule has 23 nitrogen and oxygen atoms in total. The molecule has 2 saturated heterocycles. The van der Waals surface area contributed by atoms with Gasteiger partial charge in [0.05, 0.1) is 12.5 Å². The second-order valence-corrected chi connectivity index (χ2v) is 20.2. The van der Waals surface area contributed by atoms with Crippen molar-refractivity contribution in [2.45, 2.75) is 75.3 Å². The molecule has 2 aliphatic heterocycles. The molecule has 0 radical (unpaired) electrons. The summed E-state index contributed by atoms with van der Waals surface area (Å²) in [4.78, 5) is 53.1. The number of nitrogens with one attached hydrogen (secondary N) is 2. The van der Waals surface area contributed by atoms with Crippen LogP contribution in [0.15, 0.2) is 99.3 Å². The highest BCUT2D eigenvalue weighted by molar-refractivity contribution is 7.90. The fourth-order valence-corrected chi connectivity index (χ4v) is 8.76. The van der Waals surface area contributed by atoms with Crippen molar-refractivity contribution in [3.63, 3.8) is 0 Å². The maximum atomic E-state index is 13.2. The number of Topliss-reactive ketones (excluding diaryl/α,β-unsaturated/α-hetero) is 1. The summed E-state index contributed by atoms with van der Waals surface area (Å²) in [7, 11) is -3.57. The first-order chi connectivity index (χ1) is 36.6. The zero-order valence-electron chi connectivity index (χ0n) is 42.0. The molecule has 6 aromatic heterocycles. The van der Waals surface area contributed by atoms with E-state index in [1.807, 2.05) is 48.5 Å². The molecule has 1 amide bonds. The number of alkyl halides is 2. The summed E-state index contributed by atoms with van der Waals surface area (Å²) < 4.78 is 62.1. The molecule has 0 aliphatic carbocycles. The number of carbonyl (C=O) groups excluding carboxylic acids is 2. The van der Waals surface area contributed by atoms with Gasteiger partial charge in [-0.25, -0.2) is 17.2 Å². The standard InChI is InChI=1S/C25H29FN8O2.C16H24FN3O.C9H8N6O3S/c26-19-8-12-33(13-9-19)14-10-20(35)16-18-5-3-17(4-6-18)7-11-28-24-30-23(27)34-25(31-24)29-22(32-34)21-2-1-15-36-21;17-14-6-10-20(11-7-14)12-8-16(21)19-15-3-1-13(2-4-15)5-9-18;1-19(16,17)9-12-7(10)15-8(13-9)11-6(14-15)5-3-2-4-18-5/h1-6,15,19H,7-14,16H2,(H3,27,28,29,30,31,32);1-4,14H,5-12,18H2,(H,19,21);2-4H,1H3,(H2,10,11,12,13,14). The largest absolute Gasteiger partial charge is 0.461 e. The highest BCUT2D eigenvalue weighted by Gasteiger charge is 2.22. The smallest absolute Gasteiger partial charge is 0.259 e. The molecule has 402 valence electrons. The van der Waals surface area contributed by atoms with Gasteiger partial charge in [-0.3, -0.25) is 9.59 Å². The van der Waals surface area contributed by atoms with Crippen LogP contribution < -0.4 is 27.8 Å². The predicted molar refractivity (Wildman–Crippen MR) is 280 cm³/mol. The number of carbonyl (C=O) groups is 2. The summed E-state index contributed by atoms with van der Waals surface area (Å²) in [5, 5.41) is 14.0. The average molecular weight is 1070 g/mol. The van der Waals surface area contributed by atoms with E-state index in [-0.39, 0.29) is 35.2 Å². The number of rotatable bonds is 18. The van der Waals surface area contributed by atoms with Gasteiger partial charge in [0, 0.05) is 77.0 Å². The lowest BCUT2D eigenvalue weighted by Crippen LogP contribution is -2.36. The van der Waals surface area contributed by atoms with Crippen molar-refractivity contribution in [1.29, 1.82) is 0 Å². The average Bonchev–Trinajstić information content (AvgIpc) is 4.27. The monoisotopic (exact) mass is 1070 g/mol. The van der Waals surface area contributed by atoms with E-state index in [2.05, 4.69) is 60.5 Å². The number of furan rings is 2. The van der Waals surface area contributed by atoms with Crippen LogP contribution in [0, 0.1) is 0 Å². The number of nitrogens with two attached hydrogens (primary N) is 3. The molecule has 8 heterocycles. The zero-order valence-corrected chi connectivity index (χ0v) is 42.8. The third kappa shape index (κ3) is 15.4. The molecule has 0 bridgehead atoms. The lowest BCUT2D eigenvalue weighted by atomic mass is 10.0. The van der Waals surface area contributed by atoms with Crippen LogP contribution in [0.25, 0.3) is 34.7 Å². The molecule has 0 atom stereocenters. The van der Waals surface area contributed by atoms with E-state index in [0.29, 0.717) is 100 Å². The van der Waals surface area contributed by atoms with E-state index in [1.54, 1.807) is 30.5 Å². The molecule has 0 saturated carbocycles. The van der Waals surface area contributed by atoms with Gasteiger partial charge in [-0.05, 0) is 98.2 Å². The Bertz CT molecular complexity index is 3250. The fraction of sp³-hybridized carbons (Fsp3) is 0.400. The quantitative estimate of drug-likeness (QED) is 0.0780. The van der Waals surface area contributed by atoms with E-state index in [9.17, 15) is 26.8 Å². The molecule has 2 aromatic carbocycles. The Morgan fingerprint density at radius 3 is 1.72 bits per heavy atom. The van der Waals surface area contributed by atoms with Crippen LogP contribution in [-0.2, 0) is 38.7 Å². The van der Waals surface area contributed by atoms with Gasteiger partial charge in [0.1, 0.15) is 18.1 Å². The third-order valence-corrected chi connectivity index (χ3v) is 13.3. The number of anilines is 4. The number of aromatic nitrogens is 10. The van der Waals surface area contributed by atoms with Crippen LogP contribution in [0.3, 0.4) is 0 Å². The van der Waals surface area contributed by atoms with Crippen molar-refractivity contribution in [2.75, 3.05) is 80.7 Å². The topological polar surface area (TPSA) is 315 Å². The van der Waals surface area contributed by atoms with Crippen molar-refractivity contribution in [2.24, 2.45) is 5.73 Å². The number of ketones is 1. The summed E-state index contributed by atoms with van der Waals surface area (Å²) >= 11 is 0. The highest BCUT2D eigenvalue weighted by Crippen LogP contribution is 2.21. The fourth-order valence-electron chi connectivity index (χ4n) is 8.25. The van der Waals surface area contributed by atoms with E-state index in [0.717, 1.165) is 66.6 Å². The predicted octanol–water partition coefficient (Wildman–Crippen LogP) is 4.67. The Balaban J connectivity index is 0.000000163. The molecule has 8 aromatic rings. The van der Waals surface area contributed by atoms with Crippen molar-refractivity contribution < 1.29 is 35.6 Å². The van der Waals surface area contributed by atoms with Crippen LogP contribution in [-0.4, -0.2) is 150 Å². The number of hydrogen-bond acceptors (Lipinski definition) is 20. The number of amides is 1. The van der Waals surface area contributed by atoms with Crippen LogP contribution >= 0.6 is 0 Å². The first-order valence-electron chi connectivity index (χ1n) is 24.9. The minimum Gasteiger partial charge on any atom is -0.461 e. The molecule has 26 heteroatoms. The number of hydrogen-bond donors (Lipinski definition) is 5. The SMILES string of the molecule is CS(=O)(=O)c1nc(N)n2nc(-c3ccco3)nc2n1.NCCc1ccc(NC(=O)CCN2CCC(F)CC2)cc1.Nc1nc(NCCc2ccc(CC(=O)CCN3CCC(F)CC3)cc2)nc2nc(-c3ccco3)nn12. The zero-order chi connectivity index (χ0) is 53.6. The number of piperidine rings is 2. The highest BCUT2D eigenvalue weighted by atomic mass is 32.2. The van der Waals surface area contributed by atoms with Crippen molar-refractivity contribution in [3.05, 3.63) is 102 Å². The summed E-state index contributed by atoms with van der Waals surface area (Å²) in [5.74, 6) is 2.60. The molecular weight excluding hydrogens is 1000 g/mol. The van der Waals surface area contributed by atoms with E-state index in [1.165, 1.54) is 16.3 Å². The molecule has 10 rings (SSSR count). The van der Waals surface area contributed by atoms with E-state index < -0.39 is 27.3 Å². The maximum absolute atomic E-state index is 13.2. The Kier molecular flexibility index (Phi) is 18.4. The number of benzene rings is 2. The lowest BCUT2D eigenvalue weighted by Gasteiger charge is -2.28. The molecule has 2 aliphatic rings. The Hall–Kier alpha value is -7.81. The number of nitrogen functional groups attached to an aromatic ring is 2. The number of sulfone groups is 1. The molecule has 2 fully saturated rings. The number of fused-ring (bicyclic) bond motifs is 2. The minimum absolute atomic E-state index is 0.00365. The summed E-state index contributed by atoms with van der Waals surface area (Å²) in [5.41, 5.74) is 21.3. The van der Waals surface area contributed by atoms with Crippen LogP contribution in [0.5, 0.6) is 0 Å². The van der Waals surface area contributed by atoms with E-state index >= 15 is 0 Å². The number of nitrogens with zero attached hydrogens (tertiary/aromatic N) is 12. The van der Waals surface area contributed by atoms with Gasteiger partial charge >= 0.3 is 0 Å². The summed E-state index contributed by atoms with van der Waals surface area (Å²) in [6.07, 6.45) is 7.95. The van der Waals surface area contributed by atoms with Gasteiger partial charge in [0.15, 0.2) is 11.5 Å². The molecule has 0 unspecified atom stereocenters. The minimum atomic E-state index is -3.57. The van der Waals surface area contributed by atoms with Gasteiger partial charge in [-0.15, -0.1) is 10.2 Å². The van der Waals surface area contributed by atoms with Gasteiger partial charge in [0.2, 0.25) is 45.2 Å². The lowest BCUT2D eigenvalue weighted by molar-refractivity contribution is -0.119. The summed E-state index contributed by atoms with van der Waals surface area (Å²) in [6, 6.07) is 22.7. The van der Waals surface area contributed by atoms with Crippen LogP contribution in [0.4, 0.5) is 32.3 Å². The Labute approximate surface area is 436 Å². The first kappa shape index (κ1) is 54.5. The third-order valence-electron chi connectivity index (χ3n) is 12.4. The second-order valence-electron chi connectivity index (χ2n) is 18.3. The van der Waals surface area contributed by atoms with Crippen LogP contribution in [0.2, 0.25) is 0 Å². The molecule has 76 heavy (non-hydrogen) atoms. The van der Waals surface area contributed by atoms with Gasteiger partial charge in [0.25, 0.3) is 16.7 Å². The number of likely N-dealkylation sites (tertiary alicyclic amines) is 2. The Morgan fingerprint density at radius 2 is 1.18 bits per heavy atom.